The smallest absolute Gasteiger partial charge is 0.338 e. The molecule has 3 N–H and O–H groups in total. The van der Waals surface area contributed by atoms with Crippen molar-refractivity contribution in [3.8, 4) is 6.07 Å². The first-order valence-electron chi connectivity index (χ1n) is 11.7. The standard InChI is InChI=1S/C28H22ClN5O3/c29-22-9-2-1-7-19(22)10-11-23-24(27(35)37-16-18-6-3-5-17(13-18)14-30)25(34-28(36)33-23)21-15-32-26-20(21)8-4-12-31-26/h1-9,12-13,15,25H,10-11,16H2,(H,31,32)(H2,33,34,36). The number of nitrogens with one attached hydrogen (secondary N) is 3. The third-order valence-electron chi connectivity index (χ3n) is 6.20. The number of nitriles is 1. The monoisotopic (exact) mass is 511 g/mol. The van der Waals surface area contributed by atoms with E-state index in [1.807, 2.05) is 24.3 Å². The van der Waals surface area contributed by atoms with Crippen LogP contribution in [0.15, 0.2) is 84.3 Å². The van der Waals surface area contributed by atoms with E-state index in [1.165, 1.54) is 0 Å². The molecule has 1 aliphatic rings. The van der Waals surface area contributed by atoms with Crippen LogP contribution in [-0.4, -0.2) is 22.0 Å². The van der Waals surface area contributed by atoms with Crippen LogP contribution in [0.5, 0.6) is 0 Å². The molecule has 0 radical (unpaired) electrons. The number of fused-ring (bicyclic) bond motifs is 1. The number of pyridine rings is 1. The molecule has 1 atom stereocenters. The Labute approximate surface area is 217 Å². The summed E-state index contributed by atoms with van der Waals surface area (Å²) in [6.07, 6.45) is 4.28. The summed E-state index contributed by atoms with van der Waals surface area (Å²) in [5.74, 6) is -0.577. The highest BCUT2D eigenvalue weighted by Gasteiger charge is 2.35. The number of hydrogen-bond acceptors (Lipinski definition) is 5. The SMILES string of the molecule is N#Cc1cccc(COC(=O)C2=C(CCc3ccccc3Cl)NC(=O)NC2c2c[nH]c3ncccc23)c1. The molecule has 0 fully saturated rings. The number of esters is 1. The highest BCUT2D eigenvalue weighted by Crippen LogP contribution is 2.33. The summed E-state index contributed by atoms with van der Waals surface area (Å²) in [7, 11) is 0. The third-order valence-corrected chi connectivity index (χ3v) is 6.56. The van der Waals surface area contributed by atoms with Crippen LogP contribution < -0.4 is 10.6 Å². The van der Waals surface area contributed by atoms with Gasteiger partial charge in [-0.25, -0.2) is 14.6 Å². The van der Waals surface area contributed by atoms with Crippen molar-refractivity contribution in [2.24, 2.45) is 0 Å². The number of allylic oxidation sites excluding steroid dienone is 1. The van der Waals surface area contributed by atoms with Crippen LogP contribution in [0, 0.1) is 11.3 Å². The predicted octanol–water partition coefficient (Wildman–Crippen LogP) is 5.07. The molecular formula is C28H22ClN5O3. The van der Waals surface area contributed by atoms with Crippen LogP contribution in [0.1, 0.15) is 34.7 Å². The molecular weight excluding hydrogens is 490 g/mol. The predicted molar refractivity (Wildman–Crippen MR) is 138 cm³/mol. The third kappa shape index (κ3) is 5.17. The molecule has 8 nitrogen and oxygen atoms in total. The molecule has 184 valence electrons. The van der Waals surface area contributed by atoms with Crippen molar-refractivity contribution in [1.82, 2.24) is 20.6 Å². The van der Waals surface area contributed by atoms with Gasteiger partial charge in [0.05, 0.1) is 23.2 Å². The van der Waals surface area contributed by atoms with E-state index in [2.05, 4.69) is 26.7 Å². The Morgan fingerprint density at radius 2 is 1.97 bits per heavy atom. The highest BCUT2D eigenvalue weighted by molar-refractivity contribution is 6.31. The minimum absolute atomic E-state index is 0.0221. The molecule has 3 heterocycles. The molecule has 0 saturated heterocycles. The van der Waals surface area contributed by atoms with Crippen LogP contribution in [0.4, 0.5) is 4.79 Å². The molecule has 0 spiro atoms. The summed E-state index contributed by atoms with van der Waals surface area (Å²) in [6, 6.07) is 18.9. The van der Waals surface area contributed by atoms with Gasteiger partial charge in [0.15, 0.2) is 0 Å². The minimum Gasteiger partial charge on any atom is -0.457 e. The van der Waals surface area contributed by atoms with E-state index in [-0.39, 0.29) is 6.61 Å². The first-order valence-corrected chi connectivity index (χ1v) is 12.0. The summed E-state index contributed by atoms with van der Waals surface area (Å²) < 4.78 is 5.70. The van der Waals surface area contributed by atoms with E-state index in [0.717, 1.165) is 10.9 Å². The van der Waals surface area contributed by atoms with Crippen LogP contribution in [0.2, 0.25) is 5.02 Å². The van der Waals surface area contributed by atoms with Gasteiger partial charge in [0, 0.05) is 34.1 Å². The number of aromatic nitrogens is 2. The summed E-state index contributed by atoms with van der Waals surface area (Å²) in [5.41, 5.74) is 4.17. The summed E-state index contributed by atoms with van der Waals surface area (Å²) in [4.78, 5) is 33.7. The number of benzene rings is 2. The fourth-order valence-electron chi connectivity index (χ4n) is 4.42. The average Bonchev–Trinajstić information content (AvgIpc) is 3.35. The number of hydrogen-bond donors (Lipinski definition) is 3. The molecule has 4 aromatic rings. The van der Waals surface area contributed by atoms with Crippen molar-refractivity contribution in [1.29, 1.82) is 5.26 Å². The van der Waals surface area contributed by atoms with Crippen molar-refractivity contribution in [3.05, 3.63) is 112 Å². The second kappa shape index (κ2) is 10.6. The number of ether oxygens (including phenoxy) is 1. The van der Waals surface area contributed by atoms with Crippen LogP contribution in [0.25, 0.3) is 11.0 Å². The van der Waals surface area contributed by atoms with Gasteiger partial charge in [-0.3, -0.25) is 0 Å². The Bertz CT molecular complexity index is 1570. The van der Waals surface area contributed by atoms with Gasteiger partial charge >= 0.3 is 12.0 Å². The summed E-state index contributed by atoms with van der Waals surface area (Å²) in [6.45, 7) is -0.0221. The zero-order valence-electron chi connectivity index (χ0n) is 19.6. The number of halogens is 1. The maximum Gasteiger partial charge on any atom is 0.338 e. The van der Waals surface area contributed by atoms with Gasteiger partial charge in [-0.1, -0.05) is 41.9 Å². The van der Waals surface area contributed by atoms with Gasteiger partial charge in [0.1, 0.15) is 12.3 Å². The maximum atomic E-state index is 13.6. The Morgan fingerprint density at radius 3 is 2.81 bits per heavy atom. The average molecular weight is 512 g/mol. The largest absolute Gasteiger partial charge is 0.457 e. The quantitative estimate of drug-likeness (QED) is 0.299. The van der Waals surface area contributed by atoms with Gasteiger partial charge in [-0.2, -0.15) is 5.26 Å². The normalized spacial score (nSPS) is 15.1. The molecule has 1 aliphatic heterocycles. The number of nitrogens with zero attached hydrogens (tertiary/aromatic N) is 2. The molecule has 0 saturated carbocycles. The lowest BCUT2D eigenvalue weighted by atomic mass is 9.93. The zero-order chi connectivity index (χ0) is 25.8. The van der Waals surface area contributed by atoms with Crippen molar-refractivity contribution < 1.29 is 14.3 Å². The molecule has 0 bridgehead atoms. The summed E-state index contributed by atoms with van der Waals surface area (Å²) >= 11 is 6.35. The topological polar surface area (TPSA) is 120 Å². The lowest BCUT2D eigenvalue weighted by Gasteiger charge is -2.29. The molecule has 2 amide bonds. The van der Waals surface area contributed by atoms with E-state index in [9.17, 15) is 14.9 Å². The van der Waals surface area contributed by atoms with E-state index < -0.39 is 18.0 Å². The Hall–Kier alpha value is -4.61. The number of aryl methyl sites for hydroxylation is 1. The number of carbonyl (C=O) groups excluding carboxylic acids is 2. The number of carbonyl (C=O) groups is 2. The van der Waals surface area contributed by atoms with Crippen molar-refractivity contribution in [2.45, 2.75) is 25.5 Å². The van der Waals surface area contributed by atoms with E-state index in [1.54, 1.807) is 48.8 Å². The lowest BCUT2D eigenvalue weighted by Crippen LogP contribution is -2.46. The minimum atomic E-state index is -0.758. The Morgan fingerprint density at radius 1 is 1.11 bits per heavy atom. The van der Waals surface area contributed by atoms with Gasteiger partial charge < -0.3 is 20.4 Å². The first kappa shape index (κ1) is 24.1. The van der Waals surface area contributed by atoms with Crippen LogP contribution >= 0.6 is 11.6 Å². The molecule has 0 aliphatic carbocycles. The van der Waals surface area contributed by atoms with Gasteiger partial charge in [-0.05, 0) is 54.3 Å². The molecule has 1 unspecified atom stereocenters. The molecule has 9 heteroatoms. The lowest BCUT2D eigenvalue weighted by molar-refractivity contribution is -0.140. The van der Waals surface area contributed by atoms with E-state index >= 15 is 0 Å². The van der Waals surface area contributed by atoms with Gasteiger partial charge in [-0.15, -0.1) is 0 Å². The molecule has 2 aromatic heterocycles. The second-order valence-electron chi connectivity index (χ2n) is 8.55. The number of amides is 2. The van der Waals surface area contributed by atoms with Crippen molar-refractivity contribution in [2.75, 3.05) is 0 Å². The zero-order valence-corrected chi connectivity index (χ0v) is 20.4. The maximum absolute atomic E-state index is 13.6. The molecule has 5 rings (SSSR count). The fraction of sp³-hybridized carbons (Fsp3) is 0.143. The van der Waals surface area contributed by atoms with Crippen LogP contribution in [0.3, 0.4) is 0 Å². The fourth-order valence-corrected chi connectivity index (χ4v) is 4.65. The number of H-pyrrole nitrogens is 1. The highest BCUT2D eigenvalue weighted by atomic mass is 35.5. The summed E-state index contributed by atoms with van der Waals surface area (Å²) in [5, 5.41) is 16.3. The molecule has 2 aromatic carbocycles. The Balaban J connectivity index is 1.51. The number of urea groups is 1. The van der Waals surface area contributed by atoms with Crippen molar-refractivity contribution >= 4 is 34.6 Å². The van der Waals surface area contributed by atoms with E-state index in [0.29, 0.717) is 51.5 Å². The van der Waals surface area contributed by atoms with Gasteiger partial charge in [0.2, 0.25) is 0 Å². The van der Waals surface area contributed by atoms with E-state index in [4.69, 9.17) is 16.3 Å². The number of rotatable bonds is 7. The number of aromatic amines is 1. The van der Waals surface area contributed by atoms with Gasteiger partial charge in [0.25, 0.3) is 0 Å². The van der Waals surface area contributed by atoms with Crippen LogP contribution in [-0.2, 0) is 22.6 Å². The Kier molecular flexibility index (Phi) is 6.88. The first-order chi connectivity index (χ1) is 18.0. The molecule has 37 heavy (non-hydrogen) atoms. The second-order valence-corrected chi connectivity index (χ2v) is 8.95. The van der Waals surface area contributed by atoms with Crippen molar-refractivity contribution in [3.63, 3.8) is 0 Å².